The molecule has 2 heterocycles. The number of hydrogen-bond donors (Lipinski definition) is 1. The fraction of sp³-hybridized carbons (Fsp3) is 0.125. The molecule has 0 radical (unpaired) electrons. The fourth-order valence-corrected chi connectivity index (χ4v) is 2.05. The first-order valence-electron chi connectivity index (χ1n) is 3.93. The SMILES string of the molecule is NCc1nnc(-c2cncc(Br)c2)s1. The summed E-state index contributed by atoms with van der Waals surface area (Å²) in [5.41, 5.74) is 6.41. The van der Waals surface area contributed by atoms with Gasteiger partial charge in [0.2, 0.25) is 0 Å². The van der Waals surface area contributed by atoms with Gasteiger partial charge in [-0.3, -0.25) is 4.98 Å². The summed E-state index contributed by atoms with van der Waals surface area (Å²) < 4.78 is 0.930. The van der Waals surface area contributed by atoms with Gasteiger partial charge in [-0.1, -0.05) is 11.3 Å². The Hall–Kier alpha value is -0.850. The quantitative estimate of drug-likeness (QED) is 0.904. The van der Waals surface area contributed by atoms with E-state index in [-0.39, 0.29) is 0 Å². The summed E-state index contributed by atoms with van der Waals surface area (Å²) in [7, 11) is 0. The first-order chi connectivity index (χ1) is 6.79. The van der Waals surface area contributed by atoms with Crippen LogP contribution >= 0.6 is 27.3 Å². The molecule has 4 nitrogen and oxygen atoms in total. The second-order valence-electron chi connectivity index (χ2n) is 2.60. The van der Waals surface area contributed by atoms with E-state index in [1.807, 2.05) is 6.07 Å². The van der Waals surface area contributed by atoms with Gasteiger partial charge in [0.05, 0.1) is 0 Å². The molecule has 0 unspecified atom stereocenters. The third-order valence-corrected chi connectivity index (χ3v) is 3.02. The van der Waals surface area contributed by atoms with Crippen LogP contribution in [0.2, 0.25) is 0 Å². The zero-order valence-corrected chi connectivity index (χ0v) is 9.55. The summed E-state index contributed by atoms with van der Waals surface area (Å²) >= 11 is 4.84. The van der Waals surface area contributed by atoms with E-state index in [2.05, 4.69) is 31.1 Å². The third kappa shape index (κ3) is 1.97. The van der Waals surface area contributed by atoms with Crippen LogP contribution in [-0.2, 0) is 6.54 Å². The largest absolute Gasteiger partial charge is 0.324 e. The number of aromatic nitrogens is 3. The van der Waals surface area contributed by atoms with E-state index >= 15 is 0 Å². The summed E-state index contributed by atoms with van der Waals surface area (Å²) in [6.07, 6.45) is 3.49. The zero-order valence-electron chi connectivity index (χ0n) is 7.14. The molecule has 0 aliphatic carbocycles. The van der Waals surface area contributed by atoms with Crippen molar-refractivity contribution in [3.8, 4) is 10.6 Å². The first kappa shape index (κ1) is 9.70. The van der Waals surface area contributed by atoms with Gasteiger partial charge in [0.1, 0.15) is 10.0 Å². The Morgan fingerprint density at radius 3 is 2.86 bits per heavy atom. The molecule has 0 fully saturated rings. The minimum Gasteiger partial charge on any atom is -0.324 e. The van der Waals surface area contributed by atoms with Crippen LogP contribution < -0.4 is 5.73 Å². The molecule has 0 aliphatic heterocycles. The van der Waals surface area contributed by atoms with Gasteiger partial charge in [-0.25, -0.2) is 0 Å². The van der Waals surface area contributed by atoms with E-state index in [1.165, 1.54) is 11.3 Å². The van der Waals surface area contributed by atoms with Crippen LogP contribution in [0.5, 0.6) is 0 Å². The number of rotatable bonds is 2. The Morgan fingerprint density at radius 1 is 1.36 bits per heavy atom. The molecule has 2 aromatic rings. The van der Waals surface area contributed by atoms with Crippen LogP contribution in [0.4, 0.5) is 0 Å². The van der Waals surface area contributed by atoms with E-state index in [9.17, 15) is 0 Å². The molecule has 0 amide bonds. The highest BCUT2D eigenvalue weighted by Crippen LogP contribution is 2.24. The highest BCUT2D eigenvalue weighted by Gasteiger charge is 2.05. The number of pyridine rings is 1. The van der Waals surface area contributed by atoms with Crippen LogP contribution in [0.15, 0.2) is 22.9 Å². The average molecular weight is 271 g/mol. The molecular weight excluding hydrogens is 264 g/mol. The third-order valence-electron chi connectivity index (χ3n) is 1.59. The van der Waals surface area contributed by atoms with Crippen LogP contribution in [0.3, 0.4) is 0 Å². The highest BCUT2D eigenvalue weighted by molar-refractivity contribution is 9.10. The summed E-state index contributed by atoms with van der Waals surface area (Å²) in [6.45, 7) is 0.430. The van der Waals surface area contributed by atoms with Gasteiger partial charge in [-0.15, -0.1) is 10.2 Å². The van der Waals surface area contributed by atoms with Crippen molar-refractivity contribution in [3.05, 3.63) is 27.9 Å². The van der Waals surface area contributed by atoms with Crippen molar-refractivity contribution in [2.75, 3.05) is 0 Å². The lowest BCUT2D eigenvalue weighted by molar-refractivity contribution is 0.960. The van der Waals surface area contributed by atoms with E-state index < -0.39 is 0 Å². The van der Waals surface area contributed by atoms with Crippen LogP contribution in [0.1, 0.15) is 5.01 Å². The maximum absolute atomic E-state index is 5.45. The standard InChI is InChI=1S/C8H7BrN4S/c9-6-1-5(3-11-4-6)8-13-12-7(2-10)14-8/h1,3-4H,2,10H2. The second-order valence-corrected chi connectivity index (χ2v) is 4.57. The average Bonchev–Trinajstić information content (AvgIpc) is 2.66. The number of nitrogens with two attached hydrogens (primary N) is 1. The first-order valence-corrected chi connectivity index (χ1v) is 5.54. The molecule has 6 heteroatoms. The minimum atomic E-state index is 0.430. The molecule has 0 aliphatic rings. The Morgan fingerprint density at radius 2 is 2.21 bits per heavy atom. The van der Waals surface area contributed by atoms with Gasteiger partial charge >= 0.3 is 0 Å². The highest BCUT2D eigenvalue weighted by atomic mass is 79.9. The number of nitrogens with zero attached hydrogens (tertiary/aromatic N) is 3. The molecule has 0 spiro atoms. The van der Waals surface area contributed by atoms with Gasteiger partial charge in [0.15, 0.2) is 0 Å². The van der Waals surface area contributed by atoms with Crippen LogP contribution in [0.25, 0.3) is 10.6 Å². The van der Waals surface area contributed by atoms with E-state index in [4.69, 9.17) is 5.73 Å². The molecule has 0 bridgehead atoms. The van der Waals surface area contributed by atoms with Gasteiger partial charge in [-0.2, -0.15) is 0 Å². The predicted octanol–water partition coefficient (Wildman–Crippen LogP) is 1.82. The minimum absolute atomic E-state index is 0.430. The molecule has 72 valence electrons. The molecular formula is C8H7BrN4S. The van der Waals surface area contributed by atoms with Crippen molar-refractivity contribution in [1.29, 1.82) is 0 Å². The van der Waals surface area contributed by atoms with Crippen molar-refractivity contribution in [3.63, 3.8) is 0 Å². The molecule has 14 heavy (non-hydrogen) atoms. The number of hydrogen-bond acceptors (Lipinski definition) is 5. The molecule has 0 saturated carbocycles. The van der Waals surface area contributed by atoms with Gasteiger partial charge < -0.3 is 5.73 Å². The van der Waals surface area contributed by atoms with Crippen LogP contribution in [-0.4, -0.2) is 15.2 Å². The van der Waals surface area contributed by atoms with E-state index in [0.29, 0.717) is 6.54 Å². The van der Waals surface area contributed by atoms with Gasteiger partial charge in [0, 0.05) is 29.0 Å². The molecule has 2 N–H and O–H groups in total. The van der Waals surface area contributed by atoms with Crippen molar-refractivity contribution >= 4 is 27.3 Å². The zero-order chi connectivity index (χ0) is 9.97. The van der Waals surface area contributed by atoms with Crippen LogP contribution in [0, 0.1) is 0 Å². The molecule has 2 rings (SSSR count). The normalized spacial score (nSPS) is 10.4. The Bertz CT molecular complexity index is 442. The Kier molecular flexibility index (Phi) is 2.85. The molecule has 0 saturated heterocycles. The lowest BCUT2D eigenvalue weighted by Crippen LogP contribution is -1.94. The lowest BCUT2D eigenvalue weighted by Gasteiger charge is -1.93. The Labute approximate surface area is 93.3 Å². The van der Waals surface area contributed by atoms with Crippen molar-refractivity contribution in [2.45, 2.75) is 6.54 Å². The predicted molar refractivity (Wildman–Crippen MR) is 58.7 cm³/mol. The smallest absolute Gasteiger partial charge is 0.149 e. The molecule has 2 aromatic heterocycles. The van der Waals surface area contributed by atoms with E-state index in [0.717, 1.165) is 20.1 Å². The van der Waals surface area contributed by atoms with Gasteiger partial charge in [0.25, 0.3) is 0 Å². The summed E-state index contributed by atoms with van der Waals surface area (Å²) in [5.74, 6) is 0. The lowest BCUT2D eigenvalue weighted by atomic mass is 10.3. The molecule has 0 aromatic carbocycles. The van der Waals surface area contributed by atoms with Crippen molar-refractivity contribution in [2.24, 2.45) is 5.73 Å². The maximum Gasteiger partial charge on any atom is 0.149 e. The topological polar surface area (TPSA) is 64.7 Å². The molecule has 0 atom stereocenters. The Balaban J connectivity index is 2.39. The second kappa shape index (κ2) is 4.12. The van der Waals surface area contributed by atoms with E-state index in [1.54, 1.807) is 12.4 Å². The van der Waals surface area contributed by atoms with Gasteiger partial charge in [-0.05, 0) is 22.0 Å². The van der Waals surface area contributed by atoms with Crippen molar-refractivity contribution in [1.82, 2.24) is 15.2 Å². The summed E-state index contributed by atoms with van der Waals surface area (Å²) in [5, 5.41) is 9.65. The summed E-state index contributed by atoms with van der Waals surface area (Å²) in [6, 6.07) is 1.95. The fourth-order valence-electron chi connectivity index (χ4n) is 0.982. The monoisotopic (exact) mass is 270 g/mol. The summed E-state index contributed by atoms with van der Waals surface area (Å²) in [4.78, 5) is 4.06. The number of halogens is 1. The maximum atomic E-state index is 5.45. The van der Waals surface area contributed by atoms with Crippen molar-refractivity contribution < 1.29 is 0 Å².